The van der Waals surface area contributed by atoms with Gasteiger partial charge in [-0.25, -0.2) is 0 Å². The molecule has 1 aromatic carbocycles. The van der Waals surface area contributed by atoms with Crippen molar-refractivity contribution in [3.63, 3.8) is 0 Å². The van der Waals surface area contributed by atoms with Crippen molar-refractivity contribution in [1.82, 2.24) is 0 Å². The molecule has 0 radical (unpaired) electrons. The molecule has 0 amide bonds. The summed E-state index contributed by atoms with van der Waals surface area (Å²) in [5, 5.41) is 0.985. The van der Waals surface area contributed by atoms with E-state index in [9.17, 15) is 9.59 Å². The number of hydrogen-bond acceptors (Lipinski definition) is 4. The molecule has 0 aliphatic heterocycles. The smallest absolute Gasteiger partial charge is 0.306 e. The minimum atomic E-state index is -0.371. The molecule has 6 heteroatoms. The lowest BCUT2D eigenvalue weighted by Crippen LogP contribution is -2.08. The number of esters is 2. The molecule has 0 aromatic heterocycles. The number of carbonyl (C=O) groups is 2. The molecule has 0 bridgehead atoms. The number of halogens is 2. The Morgan fingerprint density at radius 1 is 1.10 bits per heavy atom. The number of benzene rings is 1. The Morgan fingerprint density at radius 3 is 2.38 bits per heavy atom. The van der Waals surface area contributed by atoms with E-state index in [0.717, 1.165) is 6.42 Å². The van der Waals surface area contributed by atoms with Gasteiger partial charge in [-0.2, -0.15) is 0 Å². The molecule has 0 unspecified atom stereocenters. The Kier molecular flexibility index (Phi) is 8.16. The highest BCUT2D eigenvalue weighted by atomic mass is 35.5. The molecule has 0 saturated carbocycles. The van der Waals surface area contributed by atoms with E-state index >= 15 is 0 Å². The Bertz CT molecular complexity index is 489. The first-order chi connectivity index (χ1) is 10.0. The molecule has 0 heterocycles. The maximum atomic E-state index is 11.5. The quantitative estimate of drug-likeness (QED) is 0.670. The van der Waals surface area contributed by atoms with E-state index in [1.807, 2.05) is 6.92 Å². The molecule has 1 rings (SSSR count). The van der Waals surface area contributed by atoms with E-state index in [4.69, 9.17) is 32.7 Å². The van der Waals surface area contributed by atoms with E-state index in [0.29, 0.717) is 28.6 Å². The van der Waals surface area contributed by atoms with Crippen LogP contribution in [0.25, 0.3) is 0 Å². The van der Waals surface area contributed by atoms with Crippen LogP contribution in [0.3, 0.4) is 0 Å². The van der Waals surface area contributed by atoms with Gasteiger partial charge in [0.2, 0.25) is 0 Å². The second kappa shape index (κ2) is 9.64. The largest absolute Gasteiger partial charge is 0.466 e. The van der Waals surface area contributed by atoms with E-state index in [-0.39, 0.29) is 31.4 Å². The van der Waals surface area contributed by atoms with Crippen LogP contribution in [-0.4, -0.2) is 18.5 Å². The normalized spacial score (nSPS) is 10.2. The number of ether oxygens (including phenoxy) is 2. The minimum absolute atomic E-state index is 0.0924. The third-order valence-corrected chi connectivity index (χ3v) is 3.22. The summed E-state index contributed by atoms with van der Waals surface area (Å²) in [6.07, 6.45) is 1.59. The van der Waals surface area contributed by atoms with E-state index in [1.165, 1.54) is 0 Å². The SMILES string of the molecule is CCCOC(=O)CCCC(=O)OCc1ccc(Cl)cc1Cl. The number of hydrogen-bond donors (Lipinski definition) is 0. The molecule has 0 saturated heterocycles. The van der Waals surface area contributed by atoms with Crippen molar-refractivity contribution in [3.8, 4) is 0 Å². The fraction of sp³-hybridized carbons (Fsp3) is 0.467. The van der Waals surface area contributed by atoms with Gasteiger partial charge in [-0.05, 0) is 25.0 Å². The first-order valence-electron chi connectivity index (χ1n) is 6.78. The van der Waals surface area contributed by atoms with Crippen molar-refractivity contribution in [2.45, 2.75) is 39.2 Å². The average molecular weight is 333 g/mol. The molecule has 0 spiro atoms. The van der Waals surface area contributed by atoms with E-state index in [1.54, 1.807) is 18.2 Å². The molecule has 0 fully saturated rings. The zero-order valence-corrected chi connectivity index (χ0v) is 13.4. The van der Waals surface area contributed by atoms with Gasteiger partial charge in [-0.1, -0.05) is 36.2 Å². The van der Waals surface area contributed by atoms with Crippen LogP contribution in [0.4, 0.5) is 0 Å². The van der Waals surface area contributed by atoms with Crippen LogP contribution in [0.2, 0.25) is 10.0 Å². The summed E-state index contributed by atoms with van der Waals surface area (Å²) in [6, 6.07) is 4.98. The van der Waals surface area contributed by atoms with Crippen molar-refractivity contribution in [3.05, 3.63) is 33.8 Å². The van der Waals surface area contributed by atoms with Gasteiger partial charge in [0, 0.05) is 28.5 Å². The first kappa shape index (κ1) is 17.8. The molecule has 21 heavy (non-hydrogen) atoms. The topological polar surface area (TPSA) is 52.6 Å². The lowest BCUT2D eigenvalue weighted by atomic mass is 10.2. The molecule has 4 nitrogen and oxygen atoms in total. The Balaban J connectivity index is 2.23. The summed E-state index contributed by atoms with van der Waals surface area (Å²) in [7, 11) is 0. The highest BCUT2D eigenvalue weighted by Gasteiger charge is 2.08. The predicted molar refractivity (Wildman–Crippen MR) is 81.4 cm³/mol. The lowest BCUT2D eigenvalue weighted by Gasteiger charge is -2.07. The van der Waals surface area contributed by atoms with Crippen LogP contribution in [0.15, 0.2) is 18.2 Å². The summed E-state index contributed by atoms with van der Waals surface area (Å²) < 4.78 is 10.0. The molecule has 0 aliphatic carbocycles. The van der Waals surface area contributed by atoms with Gasteiger partial charge in [0.05, 0.1) is 6.61 Å². The average Bonchev–Trinajstić information content (AvgIpc) is 2.44. The first-order valence-corrected chi connectivity index (χ1v) is 7.53. The Morgan fingerprint density at radius 2 is 1.76 bits per heavy atom. The monoisotopic (exact) mass is 332 g/mol. The molecule has 1 aromatic rings. The molecule has 0 N–H and O–H groups in total. The van der Waals surface area contributed by atoms with Crippen LogP contribution >= 0.6 is 23.2 Å². The maximum absolute atomic E-state index is 11.5. The van der Waals surface area contributed by atoms with E-state index < -0.39 is 0 Å². The third kappa shape index (κ3) is 7.34. The predicted octanol–water partition coefficient (Wildman–Crippen LogP) is 4.16. The van der Waals surface area contributed by atoms with Crippen molar-refractivity contribution < 1.29 is 19.1 Å². The molecule has 0 aliphatic rings. The van der Waals surface area contributed by atoms with Crippen molar-refractivity contribution in [1.29, 1.82) is 0 Å². The minimum Gasteiger partial charge on any atom is -0.466 e. The van der Waals surface area contributed by atoms with Crippen LogP contribution in [0, 0.1) is 0 Å². The standard InChI is InChI=1S/C15H18Cl2O4/c1-2-8-20-14(18)4-3-5-15(19)21-10-11-6-7-12(16)9-13(11)17/h6-7,9H,2-5,8,10H2,1H3. The summed E-state index contributed by atoms with van der Waals surface area (Å²) >= 11 is 11.7. The summed E-state index contributed by atoms with van der Waals surface area (Å²) in [5.41, 5.74) is 0.691. The van der Waals surface area contributed by atoms with Gasteiger partial charge in [0.15, 0.2) is 0 Å². The van der Waals surface area contributed by atoms with Gasteiger partial charge in [0.25, 0.3) is 0 Å². The summed E-state index contributed by atoms with van der Waals surface area (Å²) in [6.45, 7) is 2.43. The van der Waals surface area contributed by atoms with Crippen LogP contribution < -0.4 is 0 Å². The van der Waals surface area contributed by atoms with Gasteiger partial charge < -0.3 is 9.47 Å². The third-order valence-electron chi connectivity index (χ3n) is 2.63. The zero-order chi connectivity index (χ0) is 15.7. The van der Waals surface area contributed by atoms with Gasteiger partial charge in [-0.15, -0.1) is 0 Å². The van der Waals surface area contributed by atoms with E-state index in [2.05, 4.69) is 0 Å². The van der Waals surface area contributed by atoms with Gasteiger partial charge in [0.1, 0.15) is 6.61 Å². The van der Waals surface area contributed by atoms with Gasteiger partial charge >= 0.3 is 11.9 Å². The van der Waals surface area contributed by atoms with Crippen LogP contribution in [0.5, 0.6) is 0 Å². The Labute approximate surface area is 134 Å². The Hall–Kier alpha value is -1.26. The van der Waals surface area contributed by atoms with Gasteiger partial charge in [-0.3, -0.25) is 9.59 Å². The fourth-order valence-electron chi connectivity index (χ4n) is 1.53. The number of carbonyl (C=O) groups excluding carboxylic acids is 2. The molecular formula is C15H18Cl2O4. The second-order valence-electron chi connectivity index (χ2n) is 4.47. The number of rotatable bonds is 8. The van der Waals surface area contributed by atoms with Crippen molar-refractivity contribution in [2.24, 2.45) is 0 Å². The molecule has 116 valence electrons. The second-order valence-corrected chi connectivity index (χ2v) is 5.31. The molecule has 0 atom stereocenters. The van der Waals surface area contributed by atoms with Crippen molar-refractivity contribution >= 4 is 35.1 Å². The fourth-order valence-corrected chi connectivity index (χ4v) is 2.00. The summed E-state index contributed by atoms with van der Waals surface area (Å²) in [4.78, 5) is 22.8. The van der Waals surface area contributed by atoms with Crippen molar-refractivity contribution in [2.75, 3.05) is 6.61 Å². The zero-order valence-electron chi connectivity index (χ0n) is 11.9. The highest BCUT2D eigenvalue weighted by molar-refractivity contribution is 6.35. The lowest BCUT2D eigenvalue weighted by molar-refractivity contribution is -0.146. The highest BCUT2D eigenvalue weighted by Crippen LogP contribution is 2.21. The van der Waals surface area contributed by atoms with Crippen LogP contribution in [0.1, 0.15) is 38.2 Å². The summed E-state index contributed by atoms with van der Waals surface area (Å²) in [5.74, 6) is -0.658. The maximum Gasteiger partial charge on any atom is 0.306 e. The van der Waals surface area contributed by atoms with Crippen LogP contribution in [-0.2, 0) is 25.7 Å². The molecular weight excluding hydrogens is 315 g/mol.